The van der Waals surface area contributed by atoms with Gasteiger partial charge in [-0.2, -0.15) is 0 Å². The average molecular weight is 269 g/mol. The van der Waals surface area contributed by atoms with Crippen LogP contribution in [0.2, 0.25) is 0 Å². The summed E-state index contributed by atoms with van der Waals surface area (Å²) in [6.07, 6.45) is -0.293. The van der Waals surface area contributed by atoms with Crippen LogP contribution >= 0.6 is 0 Å². The number of halogens is 1. The number of nitrogens with one attached hydrogen (secondary N) is 1. The minimum absolute atomic E-state index is 0.114. The number of hydrogen-bond donors (Lipinski definition) is 2. The Bertz CT molecular complexity index is 429. The Kier molecular flexibility index (Phi) is 5.30. The van der Waals surface area contributed by atoms with Crippen molar-refractivity contribution in [3.05, 3.63) is 35.6 Å². The molecule has 5 heteroatoms. The number of aliphatic hydroxyl groups excluding tert-OH is 1. The van der Waals surface area contributed by atoms with E-state index in [1.165, 1.54) is 12.1 Å². The lowest BCUT2D eigenvalue weighted by molar-refractivity contribution is 0.0496. The molecule has 0 spiro atoms. The van der Waals surface area contributed by atoms with Crippen molar-refractivity contribution >= 4 is 6.09 Å². The minimum atomic E-state index is -0.601. The summed E-state index contributed by atoms with van der Waals surface area (Å²) >= 11 is 0. The Labute approximate surface area is 112 Å². The van der Waals surface area contributed by atoms with Gasteiger partial charge in [0.05, 0.1) is 6.04 Å². The third-order valence-electron chi connectivity index (χ3n) is 2.36. The van der Waals surface area contributed by atoms with Crippen LogP contribution in [0.1, 0.15) is 38.8 Å². The van der Waals surface area contributed by atoms with E-state index < -0.39 is 17.7 Å². The second-order valence-corrected chi connectivity index (χ2v) is 5.27. The van der Waals surface area contributed by atoms with E-state index in [1.807, 2.05) is 0 Å². The SMILES string of the molecule is CC(C)(C)OC(=O)NC(CCO)c1cccc(F)c1. The lowest BCUT2D eigenvalue weighted by Crippen LogP contribution is -2.35. The molecule has 0 saturated heterocycles. The molecule has 106 valence electrons. The van der Waals surface area contributed by atoms with Crippen molar-refractivity contribution in [1.29, 1.82) is 0 Å². The fraction of sp³-hybridized carbons (Fsp3) is 0.500. The van der Waals surface area contributed by atoms with Crippen molar-refractivity contribution in [3.8, 4) is 0 Å². The first kappa shape index (κ1) is 15.4. The van der Waals surface area contributed by atoms with Gasteiger partial charge in [0, 0.05) is 6.61 Å². The Hall–Kier alpha value is -1.62. The van der Waals surface area contributed by atoms with E-state index in [1.54, 1.807) is 32.9 Å². The molecule has 1 unspecified atom stereocenters. The first-order valence-electron chi connectivity index (χ1n) is 6.17. The molecule has 0 saturated carbocycles. The van der Waals surface area contributed by atoms with Gasteiger partial charge < -0.3 is 15.2 Å². The summed E-state index contributed by atoms with van der Waals surface area (Å²) in [4.78, 5) is 11.7. The maximum Gasteiger partial charge on any atom is 0.408 e. The Balaban J connectivity index is 2.76. The molecule has 0 bridgehead atoms. The van der Waals surface area contributed by atoms with Crippen LogP contribution in [0.25, 0.3) is 0 Å². The molecule has 1 atom stereocenters. The van der Waals surface area contributed by atoms with Crippen LogP contribution in [0.5, 0.6) is 0 Å². The number of rotatable bonds is 4. The number of hydrogen-bond acceptors (Lipinski definition) is 3. The number of carbonyl (C=O) groups excluding carboxylic acids is 1. The molecule has 0 aliphatic rings. The second kappa shape index (κ2) is 6.52. The number of alkyl carbamates (subject to hydrolysis) is 1. The normalized spacial score (nSPS) is 12.9. The highest BCUT2D eigenvalue weighted by molar-refractivity contribution is 5.68. The predicted molar refractivity (Wildman–Crippen MR) is 70.2 cm³/mol. The van der Waals surface area contributed by atoms with Crippen LogP contribution in [0.3, 0.4) is 0 Å². The van der Waals surface area contributed by atoms with Gasteiger partial charge in [-0.05, 0) is 44.9 Å². The smallest absolute Gasteiger partial charge is 0.408 e. The molecule has 0 fully saturated rings. The van der Waals surface area contributed by atoms with Crippen LogP contribution in [0.4, 0.5) is 9.18 Å². The first-order chi connectivity index (χ1) is 8.81. The van der Waals surface area contributed by atoms with Crippen LogP contribution < -0.4 is 5.32 Å². The third-order valence-corrected chi connectivity index (χ3v) is 2.36. The van der Waals surface area contributed by atoms with Crippen molar-refractivity contribution < 1.29 is 19.0 Å². The molecule has 0 radical (unpaired) electrons. The minimum Gasteiger partial charge on any atom is -0.444 e. The summed E-state index contributed by atoms with van der Waals surface area (Å²) in [5.74, 6) is -0.383. The van der Waals surface area contributed by atoms with Crippen LogP contribution in [-0.2, 0) is 4.74 Å². The van der Waals surface area contributed by atoms with Crippen molar-refractivity contribution in [2.24, 2.45) is 0 Å². The van der Waals surface area contributed by atoms with E-state index >= 15 is 0 Å². The molecule has 4 nitrogen and oxygen atoms in total. The summed E-state index contributed by atoms with van der Waals surface area (Å²) in [7, 11) is 0. The molecule has 0 aliphatic carbocycles. The van der Waals surface area contributed by atoms with Crippen molar-refractivity contribution in [2.45, 2.75) is 38.8 Å². The summed E-state index contributed by atoms with van der Waals surface area (Å²) in [5.41, 5.74) is -0.00426. The molecule has 2 N–H and O–H groups in total. The van der Waals surface area contributed by atoms with Crippen LogP contribution in [0, 0.1) is 5.82 Å². The molecular formula is C14H20FNO3. The number of ether oxygens (including phenoxy) is 1. The zero-order valence-electron chi connectivity index (χ0n) is 11.4. The highest BCUT2D eigenvalue weighted by atomic mass is 19.1. The molecule has 0 aromatic heterocycles. The van der Waals surface area contributed by atoms with Crippen LogP contribution in [0.15, 0.2) is 24.3 Å². The summed E-state index contributed by atoms with van der Waals surface area (Å²) in [6.45, 7) is 5.17. The molecule has 0 aliphatic heterocycles. The van der Waals surface area contributed by atoms with Crippen molar-refractivity contribution in [2.75, 3.05) is 6.61 Å². The third kappa shape index (κ3) is 5.70. The lowest BCUT2D eigenvalue weighted by atomic mass is 10.0. The van der Waals surface area contributed by atoms with E-state index in [9.17, 15) is 9.18 Å². The zero-order chi connectivity index (χ0) is 14.5. The van der Waals surface area contributed by atoms with Gasteiger partial charge in [0.1, 0.15) is 11.4 Å². The molecule has 1 aromatic carbocycles. The molecule has 1 aromatic rings. The Morgan fingerprint density at radius 3 is 2.68 bits per heavy atom. The number of carbonyl (C=O) groups is 1. The number of amides is 1. The van der Waals surface area contributed by atoms with Gasteiger partial charge in [-0.1, -0.05) is 12.1 Å². The van der Waals surface area contributed by atoms with Gasteiger partial charge in [0.2, 0.25) is 0 Å². The topological polar surface area (TPSA) is 58.6 Å². The molecular weight excluding hydrogens is 249 g/mol. The summed E-state index contributed by atoms with van der Waals surface area (Å²) < 4.78 is 18.3. The van der Waals surface area contributed by atoms with E-state index in [2.05, 4.69) is 5.32 Å². The van der Waals surface area contributed by atoms with Gasteiger partial charge in [-0.15, -0.1) is 0 Å². The molecule has 0 heterocycles. The van der Waals surface area contributed by atoms with Crippen molar-refractivity contribution in [3.63, 3.8) is 0 Å². The van der Waals surface area contributed by atoms with E-state index in [-0.39, 0.29) is 12.4 Å². The van der Waals surface area contributed by atoms with Crippen LogP contribution in [-0.4, -0.2) is 23.4 Å². The average Bonchev–Trinajstić information content (AvgIpc) is 2.26. The zero-order valence-corrected chi connectivity index (χ0v) is 11.4. The fourth-order valence-electron chi connectivity index (χ4n) is 1.62. The van der Waals surface area contributed by atoms with Crippen molar-refractivity contribution in [1.82, 2.24) is 5.32 Å². The quantitative estimate of drug-likeness (QED) is 0.883. The van der Waals surface area contributed by atoms with Gasteiger partial charge in [-0.3, -0.25) is 0 Å². The highest BCUT2D eigenvalue weighted by Crippen LogP contribution is 2.18. The van der Waals surface area contributed by atoms with Gasteiger partial charge in [0.25, 0.3) is 0 Å². The Morgan fingerprint density at radius 2 is 2.16 bits per heavy atom. The number of aliphatic hydroxyl groups is 1. The maximum atomic E-state index is 13.2. The molecule has 1 rings (SSSR count). The fourth-order valence-corrected chi connectivity index (χ4v) is 1.62. The molecule has 1 amide bonds. The monoisotopic (exact) mass is 269 g/mol. The summed E-state index contributed by atoms with van der Waals surface area (Å²) in [6, 6.07) is 5.44. The first-order valence-corrected chi connectivity index (χ1v) is 6.17. The van der Waals surface area contributed by atoms with Gasteiger partial charge in [0.15, 0.2) is 0 Å². The Morgan fingerprint density at radius 1 is 1.47 bits per heavy atom. The second-order valence-electron chi connectivity index (χ2n) is 5.27. The van der Waals surface area contributed by atoms with E-state index in [0.29, 0.717) is 12.0 Å². The largest absolute Gasteiger partial charge is 0.444 e. The van der Waals surface area contributed by atoms with E-state index in [4.69, 9.17) is 9.84 Å². The lowest BCUT2D eigenvalue weighted by Gasteiger charge is -2.23. The number of benzene rings is 1. The predicted octanol–water partition coefficient (Wildman–Crippen LogP) is 2.77. The standard InChI is InChI=1S/C14H20FNO3/c1-14(2,3)19-13(18)16-12(7-8-17)10-5-4-6-11(15)9-10/h4-6,9,12,17H,7-8H2,1-3H3,(H,16,18). The highest BCUT2D eigenvalue weighted by Gasteiger charge is 2.20. The maximum absolute atomic E-state index is 13.2. The van der Waals surface area contributed by atoms with E-state index in [0.717, 1.165) is 0 Å². The summed E-state index contributed by atoms with van der Waals surface area (Å²) in [5, 5.41) is 11.7. The van der Waals surface area contributed by atoms with Gasteiger partial charge in [-0.25, -0.2) is 9.18 Å². The van der Waals surface area contributed by atoms with Gasteiger partial charge >= 0.3 is 6.09 Å². The molecule has 19 heavy (non-hydrogen) atoms.